The Morgan fingerprint density at radius 2 is 1.46 bits per heavy atom. The minimum Gasteiger partial charge on any atom is -0.480 e. The van der Waals surface area contributed by atoms with E-state index in [9.17, 15) is 29.1 Å². The number of hydrogen-bond acceptors (Lipinski definition) is 8. The number of carboxylic acid groups (broad SMARTS) is 1. The third-order valence-corrected chi connectivity index (χ3v) is 3.89. The molecule has 0 saturated heterocycles. The van der Waals surface area contributed by atoms with Crippen LogP contribution in [0, 0.1) is 11.8 Å². The van der Waals surface area contributed by atoms with E-state index in [1.54, 1.807) is 0 Å². The van der Waals surface area contributed by atoms with Crippen LogP contribution in [0.5, 0.6) is 5.75 Å². The number of rotatable bonds is 8. The molecule has 0 saturated carbocycles. The van der Waals surface area contributed by atoms with Crippen LogP contribution >= 0.6 is 0 Å². The maximum absolute atomic E-state index is 12.4. The van der Waals surface area contributed by atoms with Gasteiger partial charge in [-0.05, 0) is 24.3 Å². The van der Waals surface area contributed by atoms with Crippen LogP contribution < -0.4 is 10.1 Å². The summed E-state index contributed by atoms with van der Waals surface area (Å²) in [4.78, 5) is 58.7. The number of methoxy groups -OCH3 is 2. The predicted molar refractivity (Wildman–Crippen MR) is 93.3 cm³/mol. The fraction of sp³-hybridized carbons (Fsp3) is 0.389. The van der Waals surface area contributed by atoms with E-state index in [2.05, 4.69) is 14.8 Å². The summed E-state index contributed by atoms with van der Waals surface area (Å²) in [5.41, 5.74) is 0.0852. The fourth-order valence-electron chi connectivity index (χ4n) is 2.45. The number of ether oxygens (including phenoxy) is 3. The lowest BCUT2D eigenvalue weighted by Crippen LogP contribution is -2.50. The third kappa shape index (κ3) is 5.79. The molecule has 10 heteroatoms. The van der Waals surface area contributed by atoms with Gasteiger partial charge in [0, 0.05) is 18.4 Å². The van der Waals surface area contributed by atoms with Crippen LogP contribution in [0.3, 0.4) is 0 Å². The molecule has 0 aromatic heterocycles. The molecule has 0 aliphatic rings. The number of carbonyl (C=O) groups is 5. The van der Waals surface area contributed by atoms with Crippen LogP contribution in [0.4, 0.5) is 0 Å². The summed E-state index contributed by atoms with van der Waals surface area (Å²) >= 11 is 0. The van der Waals surface area contributed by atoms with E-state index in [1.165, 1.54) is 38.1 Å². The second-order valence-electron chi connectivity index (χ2n) is 5.79. The van der Waals surface area contributed by atoms with E-state index in [1.807, 2.05) is 0 Å². The van der Waals surface area contributed by atoms with Crippen LogP contribution in [0.25, 0.3) is 0 Å². The summed E-state index contributed by atoms with van der Waals surface area (Å²) < 4.78 is 13.9. The average Bonchev–Trinajstić information content (AvgIpc) is 2.65. The van der Waals surface area contributed by atoms with E-state index in [0.717, 1.165) is 14.2 Å². The molecule has 2 N–H and O–H groups in total. The number of carbonyl (C=O) groups excluding carboxylic acids is 4. The molecule has 0 aliphatic heterocycles. The summed E-state index contributed by atoms with van der Waals surface area (Å²) in [5, 5.41) is 11.7. The highest BCUT2D eigenvalue weighted by atomic mass is 16.5. The van der Waals surface area contributed by atoms with Crippen molar-refractivity contribution >= 4 is 29.8 Å². The molecule has 2 atom stereocenters. The number of esters is 3. The van der Waals surface area contributed by atoms with Gasteiger partial charge in [-0.3, -0.25) is 19.2 Å². The first-order valence-electron chi connectivity index (χ1n) is 8.10. The van der Waals surface area contributed by atoms with Gasteiger partial charge < -0.3 is 24.6 Å². The number of carboxylic acids is 1. The molecule has 0 aliphatic carbocycles. The standard InChI is InChI=1S/C18H21NO9/c1-9(13(17(24)26-3)18(25)27-4)14(16(22)23)19-15(21)11-5-7-12(8-6-11)28-10(2)20/h5-9,13-14H,1-4H3,(H,19,21)(H,22,23)/t9-,14+/m0/s1. The lowest BCUT2D eigenvalue weighted by Gasteiger charge is -2.26. The Morgan fingerprint density at radius 1 is 0.964 bits per heavy atom. The molecular weight excluding hydrogens is 374 g/mol. The zero-order chi connectivity index (χ0) is 21.4. The highest BCUT2D eigenvalue weighted by molar-refractivity contribution is 5.98. The first-order chi connectivity index (χ1) is 13.1. The molecule has 0 spiro atoms. The molecule has 28 heavy (non-hydrogen) atoms. The molecule has 0 unspecified atom stereocenters. The number of hydrogen-bond donors (Lipinski definition) is 2. The van der Waals surface area contributed by atoms with Gasteiger partial charge in [-0.1, -0.05) is 6.92 Å². The molecule has 1 aromatic carbocycles. The van der Waals surface area contributed by atoms with Crippen LogP contribution in [0.2, 0.25) is 0 Å². The maximum atomic E-state index is 12.4. The van der Waals surface area contributed by atoms with Gasteiger partial charge in [0.15, 0.2) is 5.92 Å². The Labute approximate surface area is 160 Å². The van der Waals surface area contributed by atoms with Crippen LogP contribution in [-0.2, 0) is 28.7 Å². The van der Waals surface area contributed by atoms with Crippen LogP contribution in [0.1, 0.15) is 24.2 Å². The molecule has 0 heterocycles. The number of aliphatic carboxylic acids is 1. The Hall–Kier alpha value is -3.43. The summed E-state index contributed by atoms with van der Waals surface area (Å²) in [6.45, 7) is 2.53. The minimum atomic E-state index is -1.58. The molecule has 152 valence electrons. The molecule has 1 aromatic rings. The molecule has 1 amide bonds. The van der Waals surface area contributed by atoms with E-state index < -0.39 is 47.7 Å². The Kier molecular flexibility index (Phi) is 8.11. The Bertz CT molecular complexity index is 741. The van der Waals surface area contributed by atoms with Gasteiger partial charge in [0.2, 0.25) is 0 Å². The zero-order valence-corrected chi connectivity index (χ0v) is 15.8. The average molecular weight is 395 g/mol. The minimum absolute atomic E-state index is 0.0852. The second-order valence-corrected chi connectivity index (χ2v) is 5.79. The summed E-state index contributed by atoms with van der Waals surface area (Å²) in [7, 11) is 2.09. The topological polar surface area (TPSA) is 145 Å². The molecule has 0 radical (unpaired) electrons. The predicted octanol–water partition coefficient (Wildman–Crippen LogP) is 0.393. The van der Waals surface area contributed by atoms with Gasteiger partial charge in [0.05, 0.1) is 14.2 Å². The van der Waals surface area contributed by atoms with Crippen molar-refractivity contribution in [2.24, 2.45) is 11.8 Å². The van der Waals surface area contributed by atoms with Crippen LogP contribution in [0.15, 0.2) is 24.3 Å². The van der Waals surface area contributed by atoms with E-state index in [4.69, 9.17) is 4.74 Å². The van der Waals surface area contributed by atoms with Crippen molar-refractivity contribution < 1.29 is 43.3 Å². The van der Waals surface area contributed by atoms with Crippen LogP contribution in [-0.4, -0.2) is 55.2 Å². The molecule has 10 nitrogen and oxygen atoms in total. The van der Waals surface area contributed by atoms with Crippen molar-refractivity contribution in [2.75, 3.05) is 14.2 Å². The lowest BCUT2D eigenvalue weighted by molar-refractivity contribution is -0.162. The van der Waals surface area contributed by atoms with Crippen molar-refractivity contribution in [1.29, 1.82) is 0 Å². The largest absolute Gasteiger partial charge is 0.480 e. The first kappa shape index (κ1) is 22.6. The highest BCUT2D eigenvalue weighted by Gasteiger charge is 2.42. The quantitative estimate of drug-likeness (QED) is 0.363. The number of amides is 1. The van der Waals surface area contributed by atoms with Gasteiger partial charge in [0.1, 0.15) is 11.8 Å². The van der Waals surface area contributed by atoms with Crippen molar-refractivity contribution in [3.63, 3.8) is 0 Å². The van der Waals surface area contributed by atoms with Gasteiger partial charge >= 0.3 is 23.9 Å². The molecule has 1 rings (SSSR count). The normalized spacial score (nSPS) is 12.5. The van der Waals surface area contributed by atoms with Gasteiger partial charge in [-0.25, -0.2) is 4.79 Å². The monoisotopic (exact) mass is 395 g/mol. The highest BCUT2D eigenvalue weighted by Crippen LogP contribution is 2.20. The Balaban J connectivity index is 3.03. The van der Waals surface area contributed by atoms with Gasteiger partial charge in [-0.15, -0.1) is 0 Å². The van der Waals surface area contributed by atoms with E-state index in [-0.39, 0.29) is 11.3 Å². The van der Waals surface area contributed by atoms with Crippen molar-refractivity contribution in [3.05, 3.63) is 29.8 Å². The lowest BCUT2D eigenvalue weighted by atomic mass is 9.87. The first-order valence-corrected chi connectivity index (χ1v) is 8.10. The SMILES string of the molecule is COC(=O)C(C(=O)OC)[C@H](C)[C@@H](NC(=O)c1ccc(OC(C)=O)cc1)C(=O)O. The second kappa shape index (κ2) is 10.0. The van der Waals surface area contributed by atoms with Crippen molar-refractivity contribution in [3.8, 4) is 5.75 Å². The maximum Gasteiger partial charge on any atom is 0.326 e. The molecule has 0 bridgehead atoms. The van der Waals surface area contributed by atoms with E-state index >= 15 is 0 Å². The number of nitrogens with one attached hydrogen (secondary N) is 1. The summed E-state index contributed by atoms with van der Waals surface area (Å²) in [6.07, 6.45) is 0. The molecular formula is C18H21NO9. The molecule has 0 fully saturated rings. The third-order valence-electron chi connectivity index (χ3n) is 3.89. The Morgan fingerprint density at radius 3 is 1.86 bits per heavy atom. The van der Waals surface area contributed by atoms with Gasteiger partial charge in [0.25, 0.3) is 5.91 Å². The number of benzene rings is 1. The van der Waals surface area contributed by atoms with Crippen molar-refractivity contribution in [1.82, 2.24) is 5.32 Å². The summed E-state index contributed by atoms with van der Waals surface area (Å²) in [6, 6.07) is 3.80. The van der Waals surface area contributed by atoms with Crippen molar-refractivity contribution in [2.45, 2.75) is 19.9 Å². The fourth-order valence-corrected chi connectivity index (χ4v) is 2.45. The zero-order valence-electron chi connectivity index (χ0n) is 15.8. The van der Waals surface area contributed by atoms with E-state index in [0.29, 0.717) is 0 Å². The van der Waals surface area contributed by atoms with Gasteiger partial charge in [-0.2, -0.15) is 0 Å². The smallest absolute Gasteiger partial charge is 0.326 e. The summed E-state index contributed by atoms with van der Waals surface area (Å²) in [5.74, 6) is -7.20.